The van der Waals surface area contributed by atoms with E-state index in [1.807, 2.05) is 0 Å². The van der Waals surface area contributed by atoms with Gasteiger partial charge in [-0.15, -0.1) is 0 Å². The van der Waals surface area contributed by atoms with Gasteiger partial charge in [0.15, 0.2) is 0 Å². The monoisotopic (exact) mass is 126 g/mol. The van der Waals surface area contributed by atoms with Gasteiger partial charge in [0.2, 0.25) is 0 Å². The van der Waals surface area contributed by atoms with Crippen molar-refractivity contribution in [1.29, 1.82) is 0 Å². The van der Waals surface area contributed by atoms with Crippen molar-refractivity contribution in [1.82, 2.24) is 0 Å². The Hall–Kier alpha value is -0.530. The minimum Gasteiger partial charge on any atom is -0.481 e. The highest BCUT2D eigenvalue weighted by Crippen LogP contribution is 2.54. The fraction of sp³-hybridized carbons (Fsp3) is 0.857. The summed E-state index contributed by atoms with van der Waals surface area (Å²) in [5, 5.41) is 8.50. The average molecular weight is 126 g/mol. The minimum atomic E-state index is -0.577. The summed E-state index contributed by atoms with van der Waals surface area (Å²) in [4.78, 5) is 10.3. The number of hydrogen-bond acceptors (Lipinski definition) is 1. The Labute approximate surface area is 53.9 Å². The molecule has 2 aliphatic carbocycles. The van der Waals surface area contributed by atoms with Crippen molar-refractivity contribution in [3.8, 4) is 0 Å². The Morgan fingerprint density at radius 1 is 1.44 bits per heavy atom. The molecule has 50 valence electrons. The van der Waals surface area contributed by atoms with Crippen LogP contribution in [0.5, 0.6) is 0 Å². The number of rotatable bonds is 2. The van der Waals surface area contributed by atoms with Gasteiger partial charge in [0.25, 0.3) is 0 Å². The standard InChI is InChI=1S/C7H10O2/c8-7(9)6-3-5(6)4-1-2-4/h4-6H,1-3H2,(H,8,9)/t5-,6+/m0/s1. The first-order valence-corrected chi connectivity index (χ1v) is 3.52. The van der Waals surface area contributed by atoms with Gasteiger partial charge in [-0.05, 0) is 31.1 Å². The molecule has 2 heteroatoms. The van der Waals surface area contributed by atoms with Crippen LogP contribution in [0.4, 0.5) is 0 Å². The molecule has 0 aromatic rings. The Bertz CT molecular complexity index is 149. The Morgan fingerprint density at radius 3 is 2.44 bits per heavy atom. The summed E-state index contributed by atoms with van der Waals surface area (Å²) in [7, 11) is 0. The number of carboxylic acid groups (broad SMARTS) is 1. The summed E-state index contributed by atoms with van der Waals surface area (Å²) < 4.78 is 0. The van der Waals surface area contributed by atoms with E-state index in [1.54, 1.807) is 0 Å². The van der Waals surface area contributed by atoms with Crippen LogP contribution < -0.4 is 0 Å². The molecule has 0 unspecified atom stereocenters. The van der Waals surface area contributed by atoms with E-state index in [1.165, 1.54) is 12.8 Å². The van der Waals surface area contributed by atoms with E-state index in [0.717, 1.165) is 12.3 Å². The summed E-state index contributed by atoms with van der Waals surface area (Å²) in [6.07, 6.45) is 3.53. The third kappa shape index (κ3) is 0.824. The van der Waals surface area contributed by atoms with Gasteiger partial charge in [-0.25, -0.2) is 0 Å². The van der Waals surface area contributed by atoms with Crippen LogP contribution in [-0.4, -0.2) is 11.1 Å². The second kappa shape index (κ2) is 1.49. The first-order chi connectivity index (χ1) is 4.29. The van der Waals surface area contributed by atoms with Gasteiger partial charge in [0.05, 0.1) is 5.92 Å². The van der Waals surface area contributed by atoms with E-state index >= 15 is 0 Å². The van der Waals surface area contributed by atoms with Gasteiger partial charge in [-0.1, -0.05) is 0 Å². The summed E-state index contributed by atoms with van der Waals surface area (Å²) in [6, 6.07) is 0. The molecule has 2 fully saturated rings. The zero-order valence-electron chi connectivity index (χ0n) is 5.21. The minimum absolute atomic E-state index is 0.0394. The molecule has 2 aliphatic rings. The highest BCUT2D eigenvalue weighted by atomic mass is 16.4. The lowest BCUT2D eigenvalue weighted by atomic mass is 10.2. The van der Waals surface area contributed by atoms with E-state index in [9.17, 15) is 4.79 Å². The molecular formula is C7H10O2. The summed E-state index contributed by atoms with van der Waals surface area (Å²) in [6.45, 7) is 0. The summed E-state index contributed by atoms with van der Waals surface area (Å²) in [5.74, 6) is 0.831. The van der Waals surface area contributed by atoms with Crippen molar-refractivity contribution in [2.45, 2.75) is 19.3 Å². The lowest BCUT2D eigenvalue weighted by molar-refractivity contribution is -0.138. The van der Waals surface area contributed by atoms with Crippen LogP contribution in [0.25, 0.3) is 0 Å². The second-order valence-electron chi connectivity index (χ2n) is 3.18. The van der Waals surface area contributed by atoms with Crippen molar-refractivity contribution in [2.24, 2.45) is 17.8 Å². The van der Waals surface area contributed by atoms with Gasteiger partial charge in [-0.3, -0.25) is 4.79 Å². The molecule has 1 N–H and O–H groups in total. The smallest absolute Gasteiger partial charge is 0.306 e. The predicted octanol–water partition coefficient (Wildman–Crippen LogP) is 1.12. The van der Waals surface area contributed by atoms with Crippen LogP contribution in [0.1, 0.15) is 19.3 Å². The highest BCUT2D eigenvalue weighted by molar-refractivity contribution is 5.73. The Morgan fingerprint density at radius 2 is 2.11 bits per heavy atom. The molecule has 0 radical (unpaired) electrons. The molecule has 0 aromatic heterocycles. The third-order valence-corrected chi connectivity index (χ3v) is 2.38. The van der Waals surface area contributed by atoms with Gasteiger partial charge in [0, 0.05) is 0 Å². The number of hydrogen-bond donors (Lipinski definition) is 1. The molecule has 2 nitrogen and oxygen atoms in total. The molecular weight excluding hydrogens is 116 g/mol. The molecule has 0 spiro atoms. The summed E-state index contributed by atoms with van der Waals surface area (Å²) >= 11 is 0. The van der Waals surface area contributed by atoms with Gasteiger partial charge in [0.1, 0.15) is 0 Å². The fourth-order valence-electron chi connectivity index (χ4n) is 1.54. The Balaban J connectivity index is 1.87. The zero-order chi connectivity index (χ0) is 6.43. The zero-order valence-corrected chi connectivity index (χ0v) is 5.21. The summed E-state index contributed by atoms with van der Waals surface area (Å²) in [5.41, 5.74) is 0. The topological polar surface area (TPSA) is 37.3 Å². The Kier molecular flexibility index (Phi) is 0.875. The number of carbonyl (C=O) groups is 1. The van der Waals surface area contributed by atoms with Crippen LogP contribution in [0.3, 0.4) is 0 Å². The average Bonchev–Trinajstić information content (AvgIpc) is 2.60. The highest BCUT2D eigenvalue weighted by Gasteiger charge is 2.51. The fourth-order valence-corrected chi connectivity index (χ4v) is 1.54. The maximum absolute atomic E-state index is 10.3. The molecule has 2 rings (SSSR count). The second-order valence-corrected chi connectivity index (χ2v) is 3.18. The van der Waals surface area contributed by atoms with E-state index in [0.29, 0.717) is 5.92 Å². The SMILES string of the molecule is O=C(O)[C@@H]1C[C@H]1C1CC1. The van der Waals surface area contributed by atoms with Gasteiger partial charge in [-0.2, -0.15) is 0 Å². The van der Waals surface area contributed by atoms with Gasteiger partial charge >= 0.3 is 5.97 Å². The van der Waals surface area contributed by atoms with Crippen LogP contribution in [0.2, 0.25) is 0 Å². The maximum atomic E-state index is 10.3. The molecule has 0 saturated heterocycles. The molecule has 0 aliphatic heterocycles. The first-order valence-electron chi connectivity index (χ1n) is 3.52. The quantitative estimate of drug-likeness (QED) is 0.602. The van der Waals surface area contributed by atoms with Crippen molar-refractivity contribution < 1.29 is 9.90 Å². The van der Waals surface area contributed by atoms with E-state index in [-0.39, 0.29) is 5.92 Å². The van der Waals surface area contributed by atoms with Crippen LogP contribution in [0.15, 0.2) is 0 Å². The third-order valence-electron chi connectivity index (χ3n) is 2.38. The van der Waals surface area contributed by atoms with Crippen LogP contribution in [-0.2, 0) is 4.79 Å². The molecule has 9 heavy (non-hydrogen) atoms. The maximum Gasteiger partial charge on any atom is 0.306 e. The van der Waals surface area contributed by atoms with Crippen molar-refractivity contribution in [3.63, 3.8) is 0 Å². The molecule has 0 aromatic carbocycles. The van der Waals surface area contributed by atoms with Crippen LogP contribution in [0, 0.1) is 17.8 Å². The van der Waals surface area contributed by atoms with E-state index < -0.39 is 5.97 Å². The number of carboxylic acids is 1. The first kappa shape index (κ1) is 5.27. The van der Waals surface area contributed by atoms with Crippen molar-refractivity contribution in [3.05, 3.63) is 0 Å². The van der Waals surface area contributed by atoms with Crippen molar-refractivity contribution in [2.75, 3.05) is 0 Å². The van der Waals surface area contributed by atoms with Crippen LogP contribution >= 0.6 is 0 Å². The van der Waals surface area contributed by atoms with E-state index in [4.69, 9.17) is 5.11 Å². The molecule has 0 heterocycles. The molecule has 0 amide bonds. The lowest BCUT2D eigenvalue weighted by Crippen LogP contribution is -1.99. The molecule has 2 saturated carbocycles. The van der Waals surface area contributed by atoms with Crippen molar-refractivity contribution >= 4 is 5.97 Å². The largest absolute Gasteiger partial charge is 0.481 e. The molecule has 2 atom stereocenters. The lowest BCUT2D eigenvalue weighted by Gasteiger charge is -1.87. The molecule has 0 bridgehead atoms. The van der Waals surface area contributed by atoms with Gasteiger partial charge < -0.3 is 5.11 Å². The predicted molar refractivity (Wildman–Crippen MR) is 32.0 cm³/mol. The van der Waals surface area contributed by atoms with E-state index in [2.05, 4.69) is 0 Å². The normalized spacial score (nSPS) is 40.4. The number of aliphatic carboxylic acids is 1.